The second-order valence-electron chi connectivity index (χ2n) is 5.14. The van der Waals surface area contributed by atoms with Crippen LogP contribution in [-0.4, -0.2) is 68.8 Å². The number of rotatable bonds is 8. The minimum absolute atomic E-state index is 0.226. The average molecular weight is 243 g/mol. The van der Waals surface area contributed by atoms with Gasteiger partial charge in [0.25, 0.3) is 0 Å². The minimum atomic E-state index is 0.226. The Morgan fingerprint density at radius 3 is 2.82 bits per heavy atom. The normalized spacial score (nSPS) is 23.5. The lowest BCUT2D eigenvalue weighted by Crippen LogP contribution is -2.38. The van der Waals surface area contributed by atoms with E-state index < -0.39 is 0 Å². The van der Waals surface area contributed by atoms with Crippen molar-refractivity contribution in [1.29, 1.82) is 0 Å². The van der Waals surface area contributed by atoms with Crippen molar-refractivity contribution in [3.05, 3.63) is 0 Å². The van der Waals surface area contributed by atoms with Gasteiger partial charge in [0, 0.05) is 32.3 Å². The lowest BCUT2D eigenvalue weighted by atomic mass is 10.2. The van der Waals surface area contributed by atoms with E-state index in [0.29, 0.717) is 6.54 Å². The molecule has 1 heterocycles. The van der Waals surface area contributed by atoms with Gasteiger partial charge in [0.15, 0.2) is 0 Å². The SMILES string of the molecule is CCOC(CN)CCN(C)CC1CCCN1C. The molecule has 0 amide bonds. The Bertz CT molecular complexity index is 201. The van der Waals surface area contributed by atoms with Crippen molar-refractivity contribution in [3.63, 3.8) is 0 Å². The van der Waals surface area contributed by atoms with E-state index in [-0.39, 0.29) is 6.10 Å². The van der Waals surface area contributed by atoms with Crippen molar-refractivity contribution in [2.24, 2.45) is 5.73 Å². The number of nitrogens with zero attached hydrogens (tertiary/aromatic N) is 2. The molecule has 102 valence electrons. The van der Waals surface area contributed by atoms with Crippen LogP contribution in [0.3, 0.4) is 0 Å². The van der Waals surface area contributed by atoms with Crippen LogP contribution in [0, 0.1) is 0 Å². The number of nitrogens with two attached hydrogens (primary N) is 1. The summed E-state index contributed by atoms with van der Waals surface area (Å²) in [5.74, 6) is 0. The molecule has 0 aliphatic carbocycles. The van der Waals surface area contributed by atoms with Gasteiger partial charge in [0.1, 0.15) is 0 Å². The molecule has 2 unspecified atom stereocenters. The van der Waals surface area contributed by atoms with Crippen molar-refractivity contribution in [2.45, 2.75) is 38.3 Å². The Hall–Kier alpha value is -0.160. The van der Waals surface area contributed by atoms with Crippen LogP contribution in [0.4, 0.5) is 0 Å². The lowest BCUT2D eigenvalue weighted by Gasteiger charge is -2.27. The Morgan fingerprint density at radius 1 is 1.53 bits per heavy atom. The molecule has 1 saturated heterocycles. The molecule has 0 aromatic rings. The van der Waals surface area contributed by atoms with Gasteiger partial charge >= 0.3 is 0 Å². The van der Waals surface area contributed by atoms with Crippen molar-refractivity contribution in [1.82, 2.24) is 9.80 Å². The van der Waals surface area contributed by atoms with E-state index >= 15 is 0 Å². The fourth-order valence-corrected chi connectivity index (χ4v) is 2.53. The average Bonchev–Trinajstić information content (AvgIpc) is 2.70. The van der Waals surface area contributed by atoms with Gasteiger partial charge in [0.05, 0.1) is 6.10 Å². The van der Waals surface area contributed by atoms with E-state index in [1.54, 1.807) is 0 Å². The molecule has 2 atom stereocenters. The molecule has 2 N–H and O–H groups in total. The number of likely N-dealkylation sites (tertiary alicyclic amines) is 1. The summed E-state index contributed by atoms with van der Waals surface area (Å²) >= 11 is 0. The van der Waals surface area contributed by atoms with E-state index in [1.165, 1.54) is 25.9 Å². The molecule has 0 aromatic heterocycles. The first kappa shape index (κ1) is 14.9. The summed E-state index contributed by atoms with van der Waals surface area (Å²) < 4.78 is 5.57. The van der Waals surface area contributed by atoms with E-state index in [0.717, 1.165) is 25.6 Å². The zero-order chi connectivity index (χ0) is 12.7. The van der Waals surface area contributed by atoms with Crippen molar-refractivity contribution < 1.29 is 4.74 Å². The van der Waals surface area contributed by atoms with Gasteiger partial charge in [-0.3, -0.25) is 0 Å². The molecule has 0 saturated carbocycles. The first-order valence-corrected chi connectivity index (χ1v) is 6.87. The van der Waals surface area contributed by atoms with Gasteiger partial charge in [0.2, 0.25) is 0 Å². The maximum atomic E-state index is 5.68. The van der Waals surface area contributed by atoms with Crippen molar-refractivity contribution >= 4 is 0 Å². The van der Waals surface area contributed by atoms with Crippen LogP contribution in [0.5, 0.6) is 0 Å². The highest BCUT2D eigenvalue weighted by atomic mass is 16.5. The zero-order valence-electron chi connectivity index (χ0n) is 11.7. The highest BCUT2D eigenvalue weighted by Crippen LogP contribution is 2.15. The second-order valence-corrected chi connectivity index (χ2v) is 5.14. The van der Waals surface area contributed by atoms with Crippen LogP contribution in [-0.2, 0) is 4.74 Å². The third kappa shape index (κ3) is 5.34. The Morgan fingerprint density at radius 2 is 2.29 bits per heavy atom. The quantitative estimate of drug-likeness (QED) is 0.683. The summed E-state index contributed by atoms with van der Waals surface area (Å²) in [6.07, 6.45) is 3.95. The first-order valence-electron chi connectivity index (χ1n) is 6.87. The van der Waals surface area contributed by atoms with Crippen LogP contribution in [0.15, 0.2) is 0 Å². The van der Waals surface area contributed by atoms with Crippen LogP contribution in [0.2, 0.25) is 0 Å². The number of hydrogen-bond donors (Lipinski definition) is 1. The molecule has 1 rings (SSSR count). The maximum absolute atomic E-state index is 5.68. The molecule has 4 heteroatoms. The molecule has 1 aliphatic heterocycles. The highest BCUT2D eigenvalue weighted by molar-refractivity contribution is 4.79. The van der Waals surface area contributed by atoms with E-state index in [2.05, 4.69) is 23.9 Å². The van der Waals surface area contributed by atoms with Crippen molar-refractivity contribution in [2.75, 3.05) is 46.9 Å². The summed E-state index contributed by atoms with van der Waals surface area (Å²) in [5.41, 5.74) is 5.68. The van der Waals surface area contributed by atoms with Crippen molar-refractivity contribution in [3.8, 4) is 0 Å². The monoisotopic (exact) mass is 243 g/mol. The molecule has 1 fully saturated rings. The van der Waals surface area contributed by atoms with E-state index in [1.807, 2.05) is 6.92 Å². The molecule has 4 nitrogen and oxygen atoms in total. The minimum Gasteiger partial charge on any atom is -0.377 e. The number of ether oxygens (including phenoxy) is 1. The third-order valence-electron chi connectivity index (χ3n) is 3.69. The summed E-state index contributed by atoms with van der Waals surface area (Å²) in [4.78, 5) is 4.88. The van der Waals surface area contributed by atoms with Gasteiger partial charge in [-0.1, -0.05) is 0 Å². The van der Waals surface area contributed by atoms with Crippen LogP contribution < -0.4 is 5.73 Å². The summed E-state index contributed by atoms with van der Waals surface area (Å²) in [5, 5.41) is 0. The van der Waals surface area contributed by atoms with Gasteiger partial charge in [-0.25, -0.2) is 0 Å². The van der Waals surface area contributed by atoms with E-state index in [9.17, 15) is 0 Å². The predicted molar refractivity (Wildman–Crippen MR) is 72.2 cm³/mol. The standard InChI is InChI=1S/C13H29N3O/c1-4-17-13(10-14)7-9-15(2)11-12-6-5-8-16(12)3/h12-13H,4-11,14H2,1-3H3. The number of hydrogen-bond acceptors (Lipinski definition) is 4. The Labute approximate surface area is 106 Å². The summed E-state index contributed by atoms with van der Waals surface area (Å²) in [7, 11) is 4.43. The van der Waals surface area contributed by atoms with E-state index in [4.69, 9.17) is 10.5 Å². The third-order valence-corrected chi connectivity index (χ3v) is 3.69. The highest BCUT2D eigenvalue weighted by Gasteiger charge is 2.22. The largest absolute Gasteiger partial charge is 0.377 e. The molecular formula is C13H29N3O. The Balaban J connectivity index is 2.17. The molecule has 0 radical (unpaired) electrons. The second kappa shape index (κ2) is 8.03. The van der Waals surface area contributed by atoms with Crippen LogP contribution in [0.1, 0.15) is 26.2 Å². The molecule has 0 aromatic carbocycles. The smallest absolute Gasteiger partial charge is 0.0709 e. The lowest BCUT2D eigenvalue weighted by molar-refractivity contribution is 0.0548. The summed E-state index contributed by atoms with van der Waals surface area (Å²) in [6.45, 7) is 6.91. The zero-order valence-corrected chi connectivity index (χ0v) is 11.7. The molecule has 0 spiro atoms. The molecule has 1 aliphatic rings. The first-order chi connectivity index (χ1) is 8.17. The molecule has 0 bridgehead atoms. The molecule has 17 heavy (non-hydrogen) atoms. The summed E-state index contributed by atoms with van der Waals surface area (Å²) in [6, 6.07) is 0.739. The fourth-order valence-electron chi connectivity index (χ4n) is 2.53. The maximum Gasteiger partial charge on any atom is 0.0709 e. The predicted octanol–water partition coefficient (Wildman–Crippen LogP) is 0.766. The Kier molecular flexibility index (Phi) is 7.04. The van der Waals surface area contributed by atoms with Gasteiger partial charge in [-0.05, 0) is 46.8 Å². The fraction of sp³-hybridized carbons (Fsp3) is 1.00. The van der Waals surface area contributed by atoms with Crippen LogP contribution >= 0.6 is 0 Å². The van der Waals surface area contributed by atoms with Gasteiger partial charge in [-0.2, -0.15) is 0 Å². The van der Waals surface area contributed by atoms with Gasteiger partial charge < -0.3 is 20.3 Å². The number of likely N-dealkylation sites (N-methyl/N-ethyl adjacent to an activating group) is 2. The van der Waals surface area contributed by atoms with Crippen LogP contribution in [0.25, 0.3) is 0 Å². The topological polar surface area (TPSA) is 41.7 Å². The molecular weight excluding hydrogens is 214 g/mol. The van der Waals surface area contributed by atoms with Gasteiger partial charge in [-0.15, -0.1) is 0 Å².